The molecule has 2 aromatic rings. The van der Waals surface area contributed by atoms with Gasteiger partial charge in [0, 0.05) is 17.0 Å². The van der Waals surface area contributed by atoms with Crippen molar-refractivity contribution in [3.8, 4) is 0 Å². The Morgan fingerprint density at radius 3 is 2.56 bits per heavy atom. The number of benzene rings is 2. The van der Waals surface area contributed by atoms with E-state index in [0.717, 1.165) is 17.4 Å². The van der Waals surface area contributed by atoms with Gasteiger partial charge in [-0.1, -0.05) is 29.8 Å². The van der Waals surface area contributed by atoms with E-state index < -0.39 is 9.84 Å². The maximum absolute atomic E-state index is 12.2. The van der Waals surface area contributed by atoms with E-state index in [1.165, 1.54) is 0 Å². The molecule has 134 valence electrons. The molecule has 0 spiro atoms. The molecule has 1 amide bonds. The van der Waals surface area contributed by atoms with Gasteiger partial charge in [0.05, 0.1) is 17.5 Å². The average molecular weight is 381 g/mol. The summed E-state index contributed by atoms with van der Waals surface area (Å²) < 4.78 is 23.3. The lowest BCUT2D eigenvalue weighted by Gasteiger charge is -2.16. The number of rotatable bonds is 6. The zero-order chi connectivity index (χ0) is 18.6. The topological polar surface area (TPSA) is 75.3 Å². The number of carbonyl (C=O) groups excluding carboxylic acids is 1. The van der Waals surface area contributed by atoms with Crippen LogP contribution in [-0.4, -0.2) is 27.1 Å². The van der Waals surface area contributed by atoms with E-state index in [9.17, 15) is 13.2 Å². The Morgan fingerprint density at radius 1 is 1.20 bits per heavy atom. The first kappa shape index (κ1) is 19.3. The zero-order valence-electron chi connectivity index (χ0n) is 14.3. The maximum Gasteiger partial charge on any atom is 0.239 e. The minimum absolute atomic E-state index is 0.0406. The number of hydrogen-bond donors (Lipinski definition) is 2. The predicted molar refractivity (Wildman–Crippen MR) is 101 cm³/mol. The molecule has 0 bridgehead atoms. The second-order valence-electron chi connectivity index (χ2n) is 5.95. The number of hydrogen-bond acceptors (Lipinski definition) is 4. The Hall–Kier alpha value is -2.05. The van der Waals surface area contributed by atoms with Crippen LogP contribution in [0.4, 0.5) is 5.69 Å². The molecule has 2 aromatic carbocycles. The second kappa shape index (κ2) is 7.89. The van der Waals surface area contributed by atoms with Crippen LogP contribution in [0.25, 0.3) is 0 Å². The van der Waals surface area contributed by atoms with Crippen LogP contribution in [0.5, 0.6) is 0 Å². The minimum atomic E-state index is -3.29. The van der Waals surface area contributed by atoms with Crippen molar-refractivity contribution in [1.29, 1.82) is 0 Å². The largest absolute Gasteiger partial charge is 0.376 e. The molecule has 0 aliphatic rings. The molecule has 0 aliphatic carbocycles. The fraction of sp³-hybridized carbons (Fsp3) is 0.278. The van der Waals surface area contributed by atoms with E-state index in [4.69, 9.17) is 11.6 Å². The smallest absolute Gasteiger partial charge is 0.239 e. The lowest BCUT2D eigenvalue weighted by atomic mass is 10.1. The van der Waals surface area contributed by atoms with E-state index in [0.29, 0.717) is 10.7 Å². The number of aryl methyl sites for hydroxylation is 1. The molecule has 1 atom stereocenters. The van der Waals surface area contributed by atoms with E-state index in [1.807, 2.05) is 26.0 Å². The van der Waals surface area contributed by atoms with Crippen LogP contribution in [0.2, 0.25) is 5.02 Å². The van der Waals surface area contributed by atoms with Gasteiger partial charge in [0.1, 0.15) is 0 Å². The van der Waals surface area contributed by atoms with Crippen molar-refractivity contribution in [3.63, 3.8) is 0 Å². The Balaban J connectivity index is 2.00. The Morgan fingerprint density at radius 2 is 1.92 bits per heavy atom. The Bertz CT molecular complexity index is 882. The quantitative estimate of drug-likeness (QED) is 0.805. The van der Waals surface area contributed by atoms with Crippen molar-refractivity contribution < 1.29 is 13.2 Å². The van der Waals surface area contributed by atoms with Gasteiger partial charge in [0.25, 0.3) is 0 Å². The number of sulfone groups is 1. The van der Waals surface area contributed by atoms with E-state index in [2.05, 4.69) is 10.6 Å². The second-order valence-corrected chi connectivity index (χ2v) is 8.40. The monoisotopic (exact) mass is 380 g/mol. The van der Waals surface area contributed by atoms with Crippen LogP contribution >= 0.6 is 11.6 Å². The van der Waals surface area contributed by atoms with Crippen LogP contribution in [-0.2, 0) is 14.6 Å². The highest BCUT2D eigenvalue weighted by atomic mass is 35.5. The average Bonchev–Trinajstić information content (AvgIpc) is 2.53. The fourth-order valence-electron chi connectivity index (χ4n) is 2.35. The highest BCUT2D eigenvalue weighted by Crippen LogP contribution is 2.20. The van der Waals surface area contributed by atoms with Crippen molar-refractivity contribution >= 4 is 33.0 Å². The van der Waals surface area contributed by atoms with Crippen molar-refractivity contribution in [2.24, 2.45) is 0 Å². The Labute approximate surface area is 153 Å². The lowest BCUT2D eigenvalue weighted by Crippen LogP contribution is -2.32. The molecule has 5 nitrogen and oxygen atoms in total. The molecular weight excluding hydrogens is 360 g/mol. The number of nitrogens with one attached hydrogen (secondary N) is 2. The summed E-state index contributed by atoms with van der Waals surface area (Å²) in [7, 11) is -3.29. The third-order valence-electron chi connectivity index (χ3n) is 3.80. The molecule has 0 radical (unpaired) electrons. The molecule has 0 heterocycles. The highest BCUT2D eigenvalue weighted by Gasteiger charge is 2.12. The number of halogens is 1. The first-order chi connectivity index (χ1) is 11.7. The van der Waals surface area contributed by atoms with Gasteiger partial charge >= 0.3 is 0 Å². The van der Waals surface area contributed by atoms with Gasteiger partial charge in [-0.3, -0.25) is 4.79 Å². The number of anilines is 1. The third kappa shape index (κ3) is 5.47. The third-order valence-corrected chi connectivity index (χ3v) is 5.15. The standard InChI is InChI=1S/C18H21ClN2O3S/c1-12-7-8-16(25(3,23)24)10-17(12)20-11-18(22)21-13(2)14-5-4-6-15(19)9-14/h4-10,13,20H,11H2,1-3H3,(H,21,22)/t13-/m0/s1. The summed E-state index contributed by atoms with van der Waals surface area (Å²) in [5.74, 6) is -0.198. The molecule has 0 aromatic heterocycles. The van der Waals surface area contributed by atoms with Gasteiger partial charge in [0.2, 0.25) is 5.91 Å². The lowest BCUT2D eigenvalue weighted by molar-refractivity contribution is -0.120. The van der Waals surface area contributed by atoms with Crippen LogP contribution in [0.3, 0.4) is 0 Å². The SMILES string of the molecule is Cc1ccc(S(C)(=O)=O)cc1NCC(=O)N[C@@H](C)c1cccc(Cl)c1. The van der Waals surface area contributed by atoms with Gasteiger partial charge in [-0.25, -0.2) is 8.42 Å². The van der Waals surface area contributed by atoms with Crippen LogP contribution in [0, 0.1) is 6.92 Å². The highest BCUT2D eigenvalue weighted by molar-refractivity contribution is 7.90. The van der Waals surface area contributed by atoms with Crippen molar-refractivity contribution in [1.82, 2.24) is 5.32 Å². The van der Waals surface area contributed by atoms with Crippen molar-refractivity contribution in [2.45, 2.75) is 24.8 Å². The van der Waals surface area contributed by atoms with E-state index in [1.54, 1.807) is 30.3 Å². The summed E-state index contributed by atoms with van der Waals surface area (Å²) in [5, 5.41) is 6.49. The molecule has 0 aliphatic heterocycles. The normalized spacial score (nSPS) is 12.5. The molecule has 0 fully saturated rings. The molecular formula is C18H21ClN2O3S. The summed E-state index contributed by atoms with van der Waals surface area (Å²) in [6, 6.07) is 11.9. The summed E-state index contributed by atoms with van der Waals surface area (Å²) >= 11 is 5.96. The summed E-state index contributed by atoms with van der Waals surface area (Å²) in [6.45, 7) is 3.76. The molecule has 7 heteroatoms. The maximum atomic E-state index is 12.2. The number of carbonyl (C=O) groups is 1. The Kier molecular flexibility index (Phi) is 6.08. The molecule has 25 heavy (non-hydrogen) atoms. The summed E-state index contributed by atoms with van der Waals surface area (Å²) in [4.78, 5) is 12.4. The van der Waals surface area contributed by atoms with E-state index >= 15 is 0 Å². The molecule has 0 unspecified atom stereocenters. The van der Waals surface area contributed by atoms with E-state index in [-0.39, 0.29) is 23.4 Å². The van der Waals surface area contributed by atoms with Crippen LogP contribution in [0.1, 0.15) is 24.1 Å². The van der Waals surface area contributed by atoms with Gasteiger partial charge in [0.15, 0.2) is 9.84 Å². The van der Waals surface area contributed by atoms with Crippen molar-refractivity contribution in [3.05, 3.63) is 58.6 Å². The minimum Gasteiger partial charge on any atom is -0.376 e. The first-order valence-electron chi connectivity index (χ1n) is 7.76. The fourth-order valence-corrected chi connectivity index (χ4v) is 3.20. The van der Waals surface area contributed by atoms with Gasteiger partial charge in [-0.15, -0.1) is 0 Å². The molecule has 2 N–H and O–H groups in total. The molecule has 2 rings (SSSR count). The van der Waals surface area contributed by atoms with Gasteiger partial charge < -0.3 is 10.6 Å². The van der Waals surface area contributed by atoms with Crippen LogP contribution < -0.4 is 10.6 Å². The summed E-state index contributed by atoms with van der Waals surface area (Å²) in [5.41, 5.74) is 2.40. The number of amides is 1. The van der Waals surface area contributed by atoms with Gasteiger partial charge in [-0.05, 0) is 49.2 Å². The molecule has 0 saturated heterocycles. The molecule has 0 saturated carbocycles. The summed E-state index contributed by atoms with van der Waals surface area (Å²) in [6.07, 6.45) is 1.15. The zero-order valence-corrected chi connectivity index (χ0v) is 15.9. The van der Waals surface area contributed by atoms with Gasteiger partial charge in [-0.2, -0.15) is 0 Å². The predicted octanol–water partition coefficient (Wildman–Crippen LogP) is 3.34. The van der Waals surface area contributed by atoms with Crippen molar-refractivity contribution in [2.75, 3.05) is 18.1 Å². The van der Waals surface area contributed by atoms with Crippen LogP contribution in [0.15, 0.2) is 47.4 Å². The first-order valence-corrected chi connectivity index (χ1v) is 10.0.